The number of carboxylic acids is 2. The summed E-state index contributed by atoms with van der Waals surface area (Å²) in [6.45, 7) is 20.9. The Morgan fingerprint density at radius 3 is 1.62 bits per heavy atom. The molecule has 3 atom stereocenters. The molecule has 0 aromatic heterocycles. The van der Waals surface area contributed by atoms with Crippen LogP contribution >= 0.6 is 0 Å². The second-order valence-corrected chi connectivity index (χ2v) is 16.4. The average Bonchev–Trinajstić information content (AvgIpc) is 3.07. The second kappa shape index (κ2) is 27.0. The van der Waals surface area contributed by atoms with E-state index in [1.54, 1.807) is 0 Å². The first-order valence-corrected chi connectivity index (χ1v) is 19.4. The molecule has 0 radical (unpaired) electrons. The molecule has 2 aliphatic carbocycles. The number of rotatable bonds is 18. The number of esters is 2. The topological polar surface area (TPSA) is 133 Å². The molecule has 0 fully saturated rings. The van der Waals surface area contributed by atoms with Crippen molar-refractivity contribution in [1.82, 2.24) is 0 Å². The van der Waals surface area contributed by atoms with Crippen LogP contribution < -0.4 is 69.3 Å². The molecular formula is C48H62Na2O8. The Morgan fingerprint density at radius 1 is 0.672 bits per heavy atom. The summed E-state index contributed by atoms with van der Waals surface area (Å²) in [6.07, 6.45) is 31.3. The summed E-state index contributed by atoms with van der Waals surface area (Å²) in [5.74, 6) is -3.35. The Balaban J connectivity index is 0.0000162. The monoisotopic (exact) mass is 812 g/mol. The van der Waals surface area contributed by atoms with Crippen molar-refractivity contribution in [2.24, 2.45) is 16.7 Å². The molecule has 0 heterocycles. The van der Waals surface area contributed by atoms with E-state index in [2.05, 4.69) is 123 Å². The van der Waals surface area contributed by atoms with Gasteiger partial charge in [-0.05, 0) is 89.7 Å². The molecule has 2 aliphatic rings. The number of carboxylic acid groups (broad SMARTS) is 2. The van der Waals surface area contributed by atoms with Gasteiger partial charge in [0.25, 0.3) is 0 Å². The summed E-state index contributed by atoms with van der Waals surface area (Å²) in [5.41, 5.74) is 7.61. The minimum absolute atomic E-state index is 0. The molecule has 0 spiro atoms. The molecule has 8 nitrogen and oxygen atoms in total. The molecule has 0 saturated heterocycles. The van der Waals surface area contributed by atoms with Gasteiger partial charge in [0.15, 0.2) is 0 Å². The molecule has 0 aromatic carbocycles. The minimum atomic E-state index is -1.26. The third-order valence-corrected chi connectivity index (χ3v) is 9.95. The predicted molar refractivity (Wildman–Crippen MR) is 220 cm³/mol. The van der Waals surface area contributed by atoms with Crippen LogP contribution in [0.5, 0.6) is 0 Å². The quantitative estimate of drug-likeness (QED) is 0.0894. The molecule has 0 aliphatic heterocycles. The Kier molecular flexibility index (Phi) is 25.6. The first kappa shape index (κ1) is 55.0. The minimum Gasteiger partial charge on any atom is -0.550 e. The van der Waals surface area contributed by atoms with Gasteiger partial charge in [-0.1, -0.05) is 146 Å². The Labute approximate surface area is 392 Å². The van der Waals surface area contributed by atoms with Crippen LogP contribution in [-0.2, 0) is 28.7 Å². The van der Waals surface area contributed by atoms with E-state index >= 15 is 0 Å². The van der Waals surface area contributed by atoms with E-state index in [1.165, 1.54) is 5.57 Å². The first-order valence-electron chi connectivity index (χ1n) is 19.4. The molecule has 0 saturated carbocycles. The maximum absolute atomic E-state index is 12.1. The van der Waals surface area contributed by atoms with E-state index in [-0.39, 0.29) is 114 Å². The van der Waals surface area contributed by atoms with E-state index in [1.807, 2.05) is 37.3 Å². The molecular weight excluding hydrogens is 751 g/mol. The maximum atomic E-state index is 12.1. The molecule has 0 N–H and O–H groups in total. The summed E-state index contributed by atoms with van der Waals surface area (Å²) in [5, 5.41) is 21.3. The first-order chi connectivity index (χ1) is 26.2. The van der Waals surface area contributed by atoms with Gasteiger partial charge in [0.05, 0.1) is 12.8 Å². The van der Waals surface area contributed by atoms with Gasteiger partial charge in [0.2, 0.25) is 0 Å². The van der Waals surface area contributed by atoms with Crippen LogP contribution in [0.1, 0.15) is 114 Å². The SMILES string of the molecule is CC1=CC(OC(=O)CCC(=O)[O-])CC(C)(C)C1/C=C/C(C)=C/C=C/C(C)=C/C=C/C=C(C)/C=C/C=C(C)/C=C/C1=C(C)CC(OC(=O)CCC(=O)[O-])CC1(C)C.[Na+].[Na+]. The van der Waals surface area contributed by atoms with Crippen molar-refractivity contribution < 1.29 is 98.0 Å². The van der Waals surface area contributed by atoms with Gasteiger partial charge in [-0.25, -0.2) is 0 Å². The van der Waals surface area contributed by atoms with Crippen LogP contribution in [0, 0.1) is 16.7 Å². The van der Waals surface area contributed by atoms with Gasteiger partial charge < -0.3 is 29.3 Å². The van der Waals surface area contributed by atoms with Crippen molar-refractivity contribution in [1.29, 1.82) is 0 Å². The van der Waals surface area contributed by atoms with Crippen LogP contribution in [0.15, 0.2) is 130 Å². The van der Waals surface area contributed by atoms with Crippen LogP contribution in [0.4, 0.5) is 0 Å². The number of carbonyl (C=O) groups is 4. The fourth-order valence-electron chi connectivity index (χ4n) is 7.12. The van der Waals surface area contributed by atoms with Crippen molar-refractivity contribution in [3.63, 3.8) is 0 Å². The Bertz CT molecular complexity index is 1790. The predicted octanol–water partition coefficient (Wildman–Crippen LogP) is 2.57. The molecule has 0 bridgehead atoms. The zero-order valence-electron chi connectivity index (χ0n) is 37.1. The van der Waals surface area contributed by atoms with Crippen LogP contribution in [-0.4, -0.2) is 36.1 Å². The molecule has 58 heavy (non-hydrogen) atoms. The smallest absolute Gasteiger partial charge is 0.550 e. The zero-order valence-corrected chi connectivity index (χ0v) is 41.1. The Morgan fingerprint density at radius 2 is 1.14 bits per heavy atom. The largest absolute Gasteiger partial charge is 1.00 e. The molecule has 3 unspecified atom stereocenters. The van der Waals surface area contributed by atoms with Crippen molar-refractivity contribution in [2.75, 3.05) is 0 Å². The molecule has 2 rings (SSSR count). The van der Waals surface area contributed by atoms with E-state index in [0.717, 1.165) is 33.4 Å². The molecule has 0 aromatic rings. The maximum Gasteiger partial charge on any atom is 1.00 e. The molecule has 304 valence electrons. The molecule has 10 heteroatoms. The van der Waals surface area contributed by atoms with Crippen molar-refractivity contribution >= 4 is 23.9 Å². The fraction of sp³-hybridized carbons (Fsp3) is 0.458. The molecule has 0 amide bonds. The van der Waals surface area contributed by atoms with Gasteiger partial charge >= 0.3 is 71.1 Å². The number of carbonyl (C=O) groups excluding carboxylic acids is 4. The summed E-state index contributed by atoms with van der Waals surface area (Å²) in [6, 6.07) is 0. The summed E-state index contributed by atoms with van der Waals surface area (Å²) < 4.78 is 11.1. The second-order valence-electron chi connectivity index (χ2n) is 16.4. The van der Waals surface area contributed by atoms with E-state index < -0.39 is 23.9 Å². The number of ether oxygens (including phenoxy) is 2. The average molecular weight is 813 g/mol. The van der Waals surface area contributed by atoms with Crippen LogP contribution in [0.2, 0.25) is 0 Å². The number of hydrogen-bond acceptors (Lipinski definition) is 8. The summed E-state index contributed by atoms with van der Waals surface area (Å²) >= 11 is 0. The van der Waals surface area contributed by atoms with E-state index in [9.17, 15) is 29.4 Å². The van der Waals surface area contributed by atoms with E-state index in [4.69, 9.17) is 9.47 Å². The van der Waals surface area contributed by atoms with E-state index in [0.29, 0.717) is 19.3 Å². The van der Waals surface area contributed by atoms with Gasteiger partial charge in [0.1, 0.15) is 12.2 Å². The zero-order chi connectivity index (χ0) is 42.1. The third kappa shape index (κ3) is 21.3. The van der Waals surface area contributed by atoms with Gasteiger partial charge in [-0.15, -0.1) is 0 Å². The van der Waals surface area contributed by atoms with Crippen LogP contribution in [0.3, 0.4) is 0 Å². The third-order valence-electron chi connectivity index (χ3n) is 9.95. The normalized spacial score (nSPS) is 21.7. The summed E-state index contributed by atoms with van der Waals surface area (Å²) in [7, 11) is 0. The van der Waals surface area contributed by atoms with Crippen molar-refractivity contribution in [3.05, 3.63) is 130 Å². The number of allylic oxidation sites excluding steroid dienone is 20. The van der Waals surface area contributed by atoms with Gasteiger partial charge in [0, 0.05) is 24.3 Å². The summed E-state index contributed by atoms with van der Waals surface area (Å²) in [4.78, 5) is 45.4. The Hall–Kier alpha value is -2.98. The number of aliphatic carboxylic acids is 2. The van der Waals surface area contributed by atoms with Crippen molar-refractivity contribution in [3.8, 4) is 0 Å². The van der Waals surface area contributed by atoms with Crippen LogP contribution in [0.25, 0.3) is 0 Å². The van der Waals surface area contributed by atoms with Gasteiger partial charge in [-0.3, -0.25) is 9.59 Å². The number of hydrogen-bond donors (Lipinski definition) is 0. The standard InChI is InChI=1S/C48H64O8.2Na/c1-33(17-13-19-35(3)21-23-41-37(5)29-39(31-47(41,7)8)55-45(53)27-25-43(49)50)15-11-12-16-34(2)18-14-20-36(4)22-24-42-38(6)30-40(32-48(42,9)10)56-46(54)28-26-44(51)52;;/h11-24,29,39-41H,25-28,30-32H2,1-10H3,(H,49,50)(H,51,52);;/q;2*+1/p-2/b12-11+,17-13+,18-14+,23-21+,24-22+,33-15+,34-16+,35-19+,36-20+;;. The van der Waals surface area contributed by atoms with Gasteiger partial charge in [-0.2, -0.15) is 0 Å². The fourth-order valence-corrected chi connectivity index (χ4v) is 7.12. The van der Waals surface area contributed by atoms with Crippen molar-refractivity contribution in [2.45, 2.75) is 126 Å².